The smallest absolute Gasteiger partial charge is 0.286 e. The van der Waals surface area contributed by atoms with Crippen molar-refractivity contribution in [2.24, 2.45) is 0 Å². The fourth-order valence-corrected chi connectivity index (χ4v) is 9.52. The first-order chi connectivity index (χ1) is 33.1. The Morgan fingerprint density at radius 3 is 1.19 bits per heavy atom. The highest BCUT2D eigenvalue weighted by molar-refractivity contribution is 6.24. The number of amides is 2. The van der Waals surface area contributed by atoms with Crippen LogP contribution in [0.25, 0.3) is 65.9 Å². The molecule has 0 saturated heterocycles. The number of rotatable bonds is 10. The zero-order valence-electron chi connectivity index (χ0n) is 36.1. The van der Waals surface area contributed by atoms with Crippen LogP contribution in [0.15, 0.2) is 219 Å². The van der Waals surface area contributed by atoms with Gasteiger partial charge in [0.25, 0.3) is 11.8 Å². The lowest BCUT2D eigenvalue weighted by molar-refractivity contribution is 0.0478. The molecule has 0 unspecified atom stereocenters. The Morgan fingerprint density at radius 2 is 0.806 bits per heavy atom. The molecule has 0 aliphatic carbocycles. The number of anilines is 2. The fourth-order valence-electron chi connectivity index (χ4n) is 9.52. The third-order valence-corrected chi connectivity index (χ3v) is 12.5. The summed E-state index contributed by atoms with van der Waals surface area (Å²) in [6, 6.07) is 63.0. The average molecular weight is 875 g/mol. The number of hydrogen-bond donors (Lipinski definition) is 2. The van der Waals surface area contributed by atoms with Crippen molar-refractivity contribution in [2.45, 2.75) is 0 Å². The van der Waals surface area contributed by atoms with Crippen molar-refractivity contribution >= 4 is 66.8 Å². The molecular weight excluding hydrogens is 833 g/mol. The Balaban J connectivity index is 1.07. The second-order valence-electron chi connectivity index (χ2n) is 16.3. The first kappa shape index (κ1) is 39.5. The molecule has 12 rings (SSSR count). The van der Waals surface area contributed by atoms with Gasteiger partial charge in [0.05, 0.1) is 44.6 Å². The highest BCUT2D eigenvalue weighted by Crippen LogP contribution is 2.42. The number of benzene rings is 8. The molecule has 8 aromatic carbocycles. The van der Waals surface area contributed by atoms with Crippen LogP contribution in [0.4, 0.5) is 11.4 Å². The molecule has 2 aliphatic heterocycles. The van der Waals surface area contributed by atoms with Crippen LogP contribution in [-0.4, -0.2) is 34.5 Å². The van der Waals surface area contributed by atoms with Crippen molar-refractivity contribution in [1.82, 2.24) is 20.0 Å². The van der Waals surface area contributed by atoms with Crippen LogP contribution in [-0.2, 0) is 4.94 Å². The molecule has 2 aromatic heterocycles. The number of hydroxylamine groups is 2. The fraction of sp³-hybridized carbons (Fsp3) is 0.0357. The van der Waals surface area contributed by atoms with Crippen LogP contribution in [0.2, 0.25) is 0 Å². The number of para-hydroxylation sites is 4. The molecule has 11 heteroatoms. The summed E-state index contributed by atoms with van der Waals surface area (Å²) in [7, 11) is 0. The van der Waals surface area contributed by atoms with Crippen molar-refractivity contribution in [3.05, 3.63) is 230 Å². The summed E-state index contributed by atoms with van der Waals surface area (Å²) >= 11 is 0. The highest BCUT2D eigenvalue weighted by Gasteiger charge is 2.34. The van der Waals surface area contributed by atoms with Gasteiger partial charge < -0.3 is 10.6 Å². The molecule has 0 fully saturated rings. The molecule has 0 bridgehead atoms. The Morgan fingerprint density at radius 1 is 0.433 bits per heavy atom. The normalized spacial score (nSPS) is 13.2. The predicted octanol–water partition coefficient (Wildman–Crippen LogP) is 11.0. The zero-order chi connectivity index (χ0) is 44.8. The summed E-state index contributed by atoms with van der Waals surface area (Å²) in [4.78, 5) is 38.7. The highest BCUT2D eigenvalue weighted by atomic mass is 16.8. The van der Waals surface area contributed by atoms with Crippen LogP contribution in [0.1, 0.15) is 20.7 Å². The molecule has 4 heterocycles. The molecule has 11 nitrogen and oxygen atoms in total. The number of aromatic nitrogens is 2. The van der Waals surface area contributed by atoms with E-state index >= 15 is 9.59 Å². The number of hydrogen-bond acceptors (Lipinski definition) is 7. The van der Waals surface area contributed by atoms with E-state index in [0.717, 1.165) is 54.8 Å². The molecule has 10 aromatic rings. The van der Waals surface area contributed by atoms with E-state index in [1.807, 2.05) is 146 Å². The van der Waals surface area contributed by atoms with Gasteiger partial charge in [0.2, 0.25) is 0 Å². The number of nitrogens with zero attached hydrogens (tertiary/aromatic N) is 6. The van der Waals surface area contributed by atoms with Gasteiger partial charge in [-0.3, -0.25) is 29.0 Å². The molecule has 0 radical (unpaired) electrons. The minimum atomic E-state index is -0.475. The maximum absolute atomic E-state index is 15.9. The van der Waals surface area contributed by atoms with Gasteiger partial charge in [0.1, 0.15) is 13.3 Å². The molecule has 2 amide bonds. The van der Waals surface area contributed by atoms with Crippen LogP contribution in [0, 0.1) is 0 Å². The lowest BCUT2D eigenvalue weighted by atomic mass is 9.96. The maximum Gasteiger partial charge on any atom is 0.286 e. The Hall–Kier alpha value is -9.06. The van der Waals surface area contributed by atoms with Gasteiger partial charge in [-0.2, -0.15) is 10.1 Å². The second-order valence-corrected chi connectivity index (χ2v) is 16.3. The van der Waals surface area contributed by atoms with Gasteiger partial charge in [0, 0.05) is 46.3 Å². The number of fused-ring (bicyclic) bond motifs is 6. The lowest BCUT2D eigenvalue weighted by Gasteiger charge is -2.30. The molecule has 0 spiro atoms. The van der Waals surface area contributed by atoms with E-state index in [-0.39, 0.29) is 0 Å². The van der Waals surface area contributed by atoms with Crippen molar-refractivity contribution in [2.75, 3.05) is 33.5 Å². The molecule has 2 N–H and O–H groups in total. The molecule has 67 heavy (non-hydrogen) atoms. The Kier molecular flexibility index (Phi) is 9.73. The van der Waals surface area contributed by atoms with Crippen LogP contribution >= 0.6 is 0 Å². The van der Waals surface area contributed by atoms with Crippen molar-refractivity contribution in [3.8, 4) is 22.3 Å². The zero-order valence-corrected chi connectivity index (χ0v) is 36.1. The first-order valence-electron chi connectivity index (χ1n) is 22.2. The van der Waals surface area contributed by atoms with Gasteiger partial charge in [-0.1, -0.05) is 146 Å². The first-order valence-corrected chi connectivity index (χ1v) is 22.2. The SMILES string of the molecule is O=C(c1ccc(-c2ccccc2)c2c3ccccc3n(N3C=CNC3)c12)N(ON(C(=O)c1ccc(-c2ccccc2)c2c3ccccc3n(N3C=CNC3)c12)c1ccccc1)c1ccccc1. The quantitative estimate of drug-likeness (QED) is 0.132. The minimum Gasteiger partial charge on any atom is -0.371 e. The minimum absolute atomic E-state index is 0.374. The maximum atomic E-state index is 15.9. The summed E-state index contributed by atoms with van der Waals surface area (Å²) in [6.45, 7) is 0.980. The summed E-state index contributed by atoms with van der Waals surface area (Å²) in [5, 5.41) is 17.0. The van der Waals surface area contributed by atoms with Gasteiger partial charge >= 0.3 is 0 Å². The Labute approximate surface area is 385 Å². The predicted molar refractivity (Wildman–Crippen MR) is 268 cm³/mol. The third kappa shape index (κ3) is 6.64. The van der Waals surface area contributed by atoms with E-state index in [9.17, 15) is 0 Å². The second kappa shape index (κ2) is 16.5. The largest absolute Gasteiger partial charge is 0.371 e. The molecule has 0 saturated carbocycles. The van der Waals surface area contributed by atoms with E-state index in [1.54, 1.807) is 24.3 Å². The number of nitrogens with one attached hydrogen (secondary N) is 2. The van der Waals surface area contributed by atoms with Gasteiger partial charge in [-0.05, 0) is 70.8 Å². The monoisotopic (exact) mass is 874 g/mol. The molecule has 324 valence electrons. The van der Waals surface area contributed by atoms with Crippen LogP contribution in [0.3, 0.4) is 0 Å². The van der Waals surface area contributed by atoms with E-state index < -0.39 is 11.8 Å². The van der Waals surface area contributed by atoms with Crippen molar-refractivity contribution in [1.29, 1.82) is 0 Å². The van der Waals surface area contributed by atoms with Gasteiger partial charge in [-0.25, -0.2) is 0 Å². The molecule has 2 aliphatic rings. The number of carbonyl (C=O) groups excluding carboxylic acids is 2. The number of carbonyl (C=O) groups is 2. The van der Waals surface area contributed by atoms with E-state index in [2.05, 4.69) is 78.5 Å². The van der Waals surface area contributed by atoms with E-state index in [0.29, 0.717) is 46.9 Å². The van der Waals surface area contributed by atoms with E-state index in [1.165, 1.54) is 10.1 Å². The van der Waals surface area contributed by atoms with Crippen molar-refractivity contribution in [3.63, 3.8) is 0 Å². The van der Waals surface area contributed by atoms with Crippen LogP contribution < -0.4 is 30.8 Å². The third-order valence-electron chi connectivity index (χ3n) is 12.5. The summed E-state index contributed by atoms with van der Waals surface area (Å²) in [6.07, 6.45) is 7.72. The standard InChI is InChI=1S/C56H42N8O3/c65-55(47-31-29-43(39-17-5-1-6-18-39)51-45-25-13-15-27-49(45)61(53(47)51)59-35-33-57-37-59)63(41-21-9-3-10-22-41)67-64(42-23-11-4-12-24-42)56(66)48-32-30-44(40-19-7-2-8-20-40)52-46-26-14-16-28-50(46)62(54(48)52)60-36-34-58-38-60/h1-36,57-58H,37-38H2. The van der Waals surface area contributed by atoms with E-state index in [4.69, 9.17) is 4.94 Å². The van der Waals surface area contributed by atoms with Crippen LogP contribution in [0.5, 0.6) is 0 Å². The Bertz CT molecular complexity index is 3330. The molecule has 0 atom stereocenters. The summed E-state index contributed by atoms with van der Waals surface area (Å²) in [5.74, 6) is -0.951. The topological polar surface area (TPSA) is 90.3 Å². The lowest BCUT2D eigenvalue weighted by Crippen LogP contribution is -2.43. The summed E-state index contributed by atoms with van der Waals surface area (Å²) < 4.78 is 4.19. The average Bonchev–Trinajstić information content (AvgIpc) is 4.24. The molecular formula is C56H42N8O3. The van der Waals surface area contributed by atoms with Gasteiger partial charge in [-0.15, -0.1) is 4.94 Å². The summed E-state index contributed by atoms with van der Waals surface area (Å²) in [5.41, 5.74) is 8.84. The van der Waals surface area contributed by atoms with Gasteiger partial charge in [0.15, 0.2) is 0 Å². The van der Waals surface area contributed by atoms with Crippen molar-refractivity contribution < 1.29 is 14.5 Å².